The SMILES string of the molecule is CC(=O)SC(c1ccccc1)C(S)C=O. The van der Waals surface area contributed by atoms with Gasteiger partial charge in [0, 0.05) is 6.92 Å². The maximum Gasteiger partial charge on any atom is 0.186 e. The molecule has 0 amide bonds. The molecule has 0 saturated carbocycles. The molecule has 0 aliphatic carbocycles. The Kier molecular flexibility index (Phi) is 4.91. The number of aldehydes is 1. The molecule has 4 heteroatoms. The van der Waals surface area contributed by atoms with E-state index < -0.39 is 5.25 Å². The van der Waals surface area contributed by atoms with E-state index in [4.69, 9.17) is 0 Å². The van der Waals surface area contributed by atoms with Crippen molar-refractivity contribution in [3.05, 3.63) is 35.9 Å². The minimum Gasteiger partial charge on any atom is -0.302 e. The van der Waals surface area contributed by atoms with Crippen molar-refractivity contribution in [1.29, 1.82) is 0 Å². The summed E-state index contributed by atoms with van der Waals surface area (Å²) < 4.78 is 0. The standard InChI is InChI=1S/C11H12O2S2/c1-8(13)15-11(10(14)7-12)9-5-3-2-4-6-9/h2-7,10-11,14H,1H3. The van der Waals surface area contributed by atoms with Crippen LogP contribution in [0, 0.1) is 0 Å². The number of hydrogen-bond acceptors (Lipinski definition) is 4. The van der Waals surface area contributed by atoms with Gasteiger partial charge in [0.15, 0.2) is 5.12 Å². The van der Waals surface area contributed by atoms with E-state index >= 15 is 0 Å². The molecule has 0 saturated heterocycles. The molecule has 15 heavy (non-hydrogen) atoms. The Morgan fingerprint density at radius 1 is 1.40 bits per heavy atom. The Morgan fingerprint density at radius 3 is 2.47 bits per heavy atom. The maximum absolute atomic E-state index is 11.1. The van der Waals surface area contributed by atoms with Gasteiger partial charge >= 0.3 is 0 Å². The molecule has 0 spiro atoms. The van der Waals surface area contributed by atoms with E-state index in [0.717, 1.165) is 23.6 Å². The Bertz CT molecular complexity index is 338. The summed E-state index contributed by atoms with van der Waals surface area (Å²) in [7, 11) is 0. The monoisotopic (exact) mass is 240 g/mol. The smallest absolute Gasteiger partial charge is 0.186 e. The summed E-state index contributed by atoms with van der Waals surface area (Å²) in [5.74, 6) is 0. The zero-order valence-electron chi connectivity index (χ0n) is 8.29. The lowest BCUT2D eigenvalue weighted by Gasteiger charge is -2.17. The Morgan fingerprint density at radius 2 is 2.00 bits per heavy atom. The van der Waals surface area contributed by atoms with Gasteiger partial charge in [-0.3, -0.25) is 4.79 Å². The second-order valence-electron chi connectivity index (χ2n) is 3.07. The topological polar surface area (TPSA) is 34.1 Å². The third kappa shape index (κ3) is 3.72. The van der Waals surface area contributed by atoms with E-state index in [1.165, 1.54) is 6.92 Å². The van der Waals surface area contributed by atoms with Crippen LogP contribution >= 0.6 is 24.4 Å². The first-order valence-corrected chi connectivity index (χ1v) is 5.90. The highest BCUT2D eigenvalue weighted by molar-refractivity contribution is 8.14. The van der Waals surface area contributed by atoms with Gasteiger partial charge in [0.2, 0.25) is 0 Å². The van der Waals surface area contributed by atoms with Crippen molar-refractivity contribution in [1.82, 2.24) is 0 Å². The summed E-state index contributed by atoms with van der Waals surface area (Å²) >= 11 is 5.31. The summed E-state index contributed by atoms with van der Waals surface area (Å²) in [5.41, 5.74) is 0.949. The molecule has 0 N–H and O–H groups in total. The van der Waals surface area contributed by atoms with Crippen LogP contribution in [0.15, 0.2) is 30.3 Å². The molecule has 0 aromatic heterocycles. The van der Waals surface area contributed by atoms with E-state index in [0.29, 0.717) is 0 Å². The van der Waals surface area contributed by atoms with Gasteiger partial charge in [-0.25, -0.2) is 0 Å². The molecule has 0 bridgehead atoms. The lowest BCUT2D eigenvalue weighted by molar-refractivity contribution is -0.109. The molecule has 0 aliphatic heterocycles. The van der Waals surface area contributed by atoms with Crippen molar-refractivity contribution in [2.75, 3.05) is 0 Å². The highest BCUT2D eigenvalue weighted by Gasteiger charge is 2.21. The first-order valence-electron chi connectivity index (χ1n) is 4.50. The van der Waals surface area contributed by atoms with Crippen LogP contribution in [0.25, 0.3) is 0 Å². The van der Waals surface area contributed by atoms with Crippen LogP contribution in [-0.2, 0) is 9.59 Å². The van der Waals surface area contributed by atoms with Crippen LogP contribution in [0.5, 0.6) is 0 Å². The van der Waals surface area contributed by atoms with E-state index in [9.17, 15) is 9.59 Å². The quantitative estimate of drug-likeness (QED) is 0.648. The number of benzene rings is 1. The lowest BCUT2D eigenvalue weighted by atomic mass is 10.1. The second kappa shape index (κ2) is 5.98. The Balaban J connectivity index is 2.90. The van der Waals surface area contributed by atoms with Gasteiger partial charge in [-0.15, -0.1) is 0 Å². The summed E-state index contributed by atoms with van der Waals surface area (Å²) in [5, 5.41) is -0.671. The van der Waals surface area contributed by atoms with Gasteiger partial charge < -0.3 is 4.79 Å². The fraction of sp³-hybridized carbons (Fsp3) is 0.273. The molecule has 1 aromatic rings. The fourth-order valence-corrected chi connectivity index (χ4v) is 2.44. The summed E-state index contributed by atoms with van der Waals surface area (Å²) in [6.07, 6.45) is 0.761. The van der Waals surface area contributed by atoms with Crippen LogP contribution < -0.4 is 0 Å². The minimum atomic E-state index is -0.457. The molecule has 0 aliphatic rings. The van der Waals surface area contributed by atoms with E-state index in [-0.39, 0.29) is 10.4 Å². The summed E-state index contributed by atoms with van der Waals surface area (Å²) in [6.45, 7) is 1.49. The first-order chi connectivity index (χ1) is 7.15. The third-order valence-electron chi connectivity index (χ3n) is 1.87. The van der Waals surface area contributed by atoms with Crippen LogP contribution in [0.2, 0.25) is 0 Å². The van der Waals surface area contributed by atoms with Crippen molar-refractivity contribution in [3.63, 3.8) is 0 Å². The van der Waals surface area contributed by atoms with Gasteiger partial charge in [0.25, 0.3) is 0 Å². The largest absolute Gasteiger partial charge is 0.302 e. The number of hydrogen-bond donors (Lipinski definition) is 1. The number of thioether (sulfide) groups is 1. The third-order valence-corrected chi connectivity index (χ3v) is 3.64. The number of carbonyl (C=O) groups is 2. The second-order valence-corrected chi connectivity index (χ2v) is 4.98. The normalized spacial score (nSPS) is 14.3. The number of rotatable bonds is 4. The van der Waals surface area contributed by atoms with Crippen molar-refractivity contribution >= 4 is 35.8 Å². The molecule has 1 aromatic carbocycles. The average molecular weight is 240 g/mol. The maximum atomic E-state index is 11.1. The Labute approximate surface area is 98.9 Å². The van der Waals surface area contributed by atoms with Crippen molar-refractivity contribution in [2.45, 2.75) is 17.4 Å². The molecule has 80 valence electrons. The lowest BCUT2D eigenvalue weighted by Crippen LogP contribution is -2.12. The van der Waals surface area contributed by atoms with Gasteiger partial charge in [-0.1, -0.05) is 42.1 Å². The first kappa shape index (κ1) is 12.3. The van der Waals surface area contributed by atoms with Gasteiger partial charge in [-0.05, 0) is 5.56 Å². The van der Waals surface area contributed by atoms with Gasteiger partial charge in [0.05, 0.1) is 10.5 Å². The predicted octanol–water partition coefficient (Wildman–Crippen LogP) is 2.50. The zero-order chi connectivity index (χ0) is 11.3. The molecule has 2 atom stereocenters. The molecule has 2 nitrogen and oxygen atoms in total. The van der Waals surface area contributed by atoms with Gasteiger partial charge in [-0.2, -0.15) is 12.6 Å². The van der Waals surface area contributed by atoms with Crippen LogP contribution in [0.4, 0.5) is 0 Å². The molecule has 1 rings (SSSR count). The fourth-order valence-electron chi connectivity index (χ4n) is 1.23. The van der Waals surface area contributed by atoms with Gasteiger partial charge in [0.1, 0.15) is 6.29 Å². The van der Waals surface area contributed by atoms with E-state index in [1.54, 1.807) is 0 Å². The molecule has 2 unspecified atom stereocenters. The van der Waals surface area contributed by atoms with Crippen molar-refractivity contribution in [2.24, 2.45) is 0 Å². The van der Waals surface area contributed by atoms with Crippen molar-refractivity contribution in [3.8, 4) is 0 Å². The zero-order valence-corrected chi connectivity index (χ0v) is 10.0. The molecular formula is C11H12O2S2. The predicted molar refractivity (Wildman–Crippen MR) is 66.3 cm³/mol. The van der Waals surface area contributed by atoms with Crippen LogP contribution in [-0.4, -0.2) is 16.7 Å². The summed E-state index contributed by atoms with van der Waals surface area (Å²) in [4.78, 5) is 21.8. The van der Waals surface area contributed by atoms with Crippen LogP contribution in [0.1, 0.15) is 17.7 Å². The number of carbonyl (C=O) groups excluding carboxylic acids is 2. The van der Waals surface area contributed by atoms with E-state index in [1.807, 2.05) is 30.3 Å². The number of thiol groups is 1. The molecule has 0 radical (unpaired) electrons. The highest BCUT2D eigenvalue weighted by atomic mass is 32.2. The van der Waals surface area contributed by atoms with Crippen molar-refractivity contribution < 1.29 is 9.59 Å². The molecule has 0 fully saturated rings. The van der Waals surface area contributed by atoms with E-state index in [2.05, 4.69) is 12.6 Å². The highest BCUT2D eigenvalue weighted by Crippen LogP contribution is 2.34. The average Bonchev–Trinajstić information content (AvgIpc) is 2.26. The van der Waals surface area contributed by atoms with Crippen LogP contribution in [0.3, 0.4) is 0 Å². The molecular weight excluding hydrogens is 228 g/mol. The Hall–Kier alpha value is -0.740. The minimum absolute atomic E-state index is 0.00949. The summed E-state index contributed by atoms with van der Waals surface area (Å²) in [6, 6.07) is 9.46. The molecule has 0 heterocycles.